The summed E-state index contributed by atoms with van der Waals surface area (Å²) < 4.78 is 5.05. The molecule has 1 rings (SSSR count). The summed E-state index contributed by atoms with van der Waals surface area (Å²) in [7, 11) is 0. The van der Waals surface area contributed by atoms with Crippen molar-refractivity contribution in [3.8, 4) is 6.07 Å². The molecule has 100 valence electrons. The Balaban J connectivity index is 2.38. The second-order valence-corrected chi connectivity index (χ2v) is 4.83. The van der Waals surface area contributed by atoms with E-state index >= 15 is 0 Å². The fourth-order valence-electron chi connectivity index (χ4n) is 1.20. The number of nitriles is 1. The molecular weight excluding hydrogens is 244 g/mol. The SMILES string of the molecule is CC(C)(C)OC(=O)CON=Cc1ccc(C#N)cc1. The second-order valence-electron chi connectivity index (χ2n) is 4.83. The van der Waals surface area contributed by atoms with E-state index in [0.29, 0.717) is 5.56 Å². The van der Waals surface area contributed by atoms with Gasteiger partial charge in [0.15, 0.2) is 0 Å². The highest BCUT2D eigenvalue weighted by Gasteiger charge is 2.16. The van der Waals surface area contributed by atoms with Gasteiger partial charge in [-0.05, 0) is 38.5 Å². The Morgan fingerprint density at radius 3 is 2.53 bits per heavy atom. The van der Waals surface area contributed by atoms with Crippen LogP contribution in [0.1, 0.15) is 31.9 Å². The minimum Gasteiger partial charge on any atom is -0.457 e. The molecule has 0 saturated heterocycles. The van der Waals surface area contributed by atoms with Gasteiger partial charge < -0.3 is 9.57 Å². The molecule has 0 saturated carbocycles. The first-order chi connectivity index (χ1) is 8.90. The van der Waals surface area contributed by atoms with Crippen LogP contribution in [0.3, 0.4) is 0 Å². The lowest BCUT2D eigenvalue weighted by atomic mass is 10.2. The first-order valence-electron chi connectivity index (χ1n) is 5.78. The molecule has 0 fully saturated rings. The standard InChI is InChI=1S/C14H16N2O3/c1-14(2,3)19-13(17)10-18-16-9-12-6-4-11(8-15)5-7-12/h4-7,9H,10H2,1-3H3. The van der Waals surface area contributed by atoms with Crippen LogP contribution < -0.4 is 0 Å². The molecule has 0 aliphatic carbocycles. The Morgan fingerprint density at radius 1 is 1.37 bits per heavy atom. The third-order valence-electron chi connectivity index (χ3n) is 1.92. The van der Waals surface area contributed by atoms with Crippen molar-refractivity contribution in [2.45, 2.75) is 26.4 Å². The Hall–Kier alpha value is -2.35. The minimum absolute atomic E-state index is 0.232. The fraction of sp³-hybridized carbons (Fsp3) is 0.357. The maximum Gasteiger partial charge on any atom is 0.347 e. The van der Waals surface area contributed by atoms with Crippen LogP contribution in [-0.4, -0.2) is 24.4 Å². The van der Waals surface area contributed by atoms with Gasteiger partial charge in [0, 0.05) is 0 Å². The van der Waals surface area contributed by atoms with Gasteiger partial charge in [0.25, 0.3) is 0 Å². The molecule has 0 heterocycles. The van der Waals surface area contributed by atoms with Gasteiger partial charge in [-0.1, -0.05) is 17.3 Å². The summed E-state index contributed by atoms with van der Waals surface area (Å²) in [5, 5.41) is 12.3. The molecule has 0 amide bonds. The number of hydrogen-bond donors (Lipinski definition) is 0. The normalized spacial score (nSPS) is 11.1. The number of esters is 1. The van der Waals surface area contributed by atoms with Crippen LogP contribution in [0.25, 0.3) is 0 Å². The number of nitrogens with zero attached hydrogens (tertiary/aromatic N) is 2. The van der Waals surface area contributed by atoms with E-state index in [4.69, 9.17) is 14.8 Å². The summed E-state index contributed by atoms with van der Waals surface area (Å²) in [6, 6.07) is 8.84. The summed E-state index contributed by atoms with van der Waals surface area (Å²) in [6.45, 7) is 5.12. The molecule has 0 aliphatic rings. The summed E-state index contributed by atoms with van der Waals surface area (Å²) >= 11 is 0. The maximum atomic E-state index is 11.3. The highest BCUT2D eigenvalue weighted by Crippen LogP contribution is 2.06. The van der Waals surface area contributed by atoms with Crippen molar-refractivity contribution in [2.75, 3.05) is 6.61 Å². The molecule has 0 bridgehead atoms. The first kappa shape index (κ1) is 14.7. The van der Waals surface area contributed by atoms with Crippen LogP contribution in [0, 0.1) is 11.3 Å². The zero-order chi connectivity index (χ0) is 14.3. The molecule has 0 spiro atoms. The molecule has 1 aromatic carbocycles. The van der Waals surface area contributed by atoms with E-state index in [-0.39, 0.29) is 6.61 Å². The Labute approximate surface area is 112 Å². The lowest BCUT2D eigenvalue weighted by Crippen LogP contribution is -2.26. The molecule has 0 atom stereocenters. The van der Waals surface area contributed by atoms with Crippen molar-refractivity contribution in [3.05, 3.63) is 35.4 Å². The second kappa shape index (κ2) is 6.55. The van der Waals surface area contributed by atoms with E-state index in [1.165, 1.54) is 6.21 Å². The van der Waals surface area contributed by atoms with E-state index < -0.39 is 11.6 Å². The smallest absolute Gasteiger partial charge is 0.347 e. The number of ether oxygens (including phenoxy) is 1. The van der Waals surface area contributed by atoms with Gasteiger partial charge in [-0.3, -0.25) is 0 Å². The highest BCUT2D eigenvalue weighted by molar-refractivity contribution is 5.79. The van der Waals surface area contributed by atoms with Crippen molar-refractivity contribution in [3.63, 3.8) is 0 Å². The average molecular weight is 260 g/mol. The van der Waals surface area contributed by atoms with E-state index in [0.717, 1.165) is 5.56 Å². The van der Waals surface area contributed by atoms with Crippen molar-refractivity contribution < 1.29 is 14.4 Å². The van der Waals surface area contributed by atoms with Crippen LogP contribution in [0.4, 0.5) is 0 Å². The van der Waals surface area contributed by atoms with Gasteiger partial charge in [0.1, 0.15) is 5.60 Å². The van der Waals surface area contributed by atoms with Crippen molar-refractivity contribution >= 4 is 12.2 Å². The Morgan fingerprint density at radius 2 is 2.00 bits per heavy atom. The number of benzene rings is 1. The lowest BCUT2D eigenvalue weighted by molar-refractivity contribution is -0.160. The summed E-state index contributed by atoms with van der Waals surface area (Å²) in [5.41, 5.74) is 0.826. The molecular formula is C14H16N2O3. The van der Waals surface area contributed by atoms with Crippen LogP contribution in [0.15, 0.2) is 29.4 Å². The highest BCUT2D eigenvalue weighted by atomic mass is 16.7. The molecule has 0 radical (unpaired) electrons. The van der Waals surface area contributed by atoms with Gasteiger partial charge in [0.05, 0.1) is 17.8 Å². The van der Waals surface area contributed by atoms with Crippen LogP contribution >= 0.6 is 0 Å². The molecule has 19 heavy (non-hydrogen) atoms. The zero-order valence-corrected chi connectivity index (χ0v) is 11.2. The topological polar surface area (TPSA) is 71.7 Å². The van der Waals surface area contributed by atoms with Crippen LogP contribution in [0.5, 0.6) is 0 Å². The van der Waals surface area contributed by atoms with Crippen LogP contribution in [-0.2, 0) is 14.4 Å². The molecule has 5 nitrogen and oxygen atoms in total. The average Bonchev–Trinajstić information content (AvgIpc) is 2.33. The van der Waals surface area contributed by atoms with E-state index in [1.807, 2.05) is 6.07 Å². The van der Waals surface area contributed by atoms with E-state index in [9.17, 15) is 4.79 Å². The maximum absolute atomic E-state index is 11.3. The number of carbonyl (C=O) groups is 1. The fourth-order valence-corrected chi connectivity index (χ4v) is 1.20. The van der Waals surface area contributed by atoms with Crippen molar-refractivity contribution in [2.24, 2.45) is 5.16 Å². The lowest BCUT2D eigenvalue weighted by Gasteiger charge is -2.18. The first-order valence-corrected chi connectivity index (χ1v) is 5.78. The quantitative estimate of drug-likeness (QED) is 0.473. The van der Waals surface area contributed by atoms with Gasteiger partial charge >= 0.3 is 5.97 Å². The molecule has 0 aromatic heterocycles. The molecule has 0 N–H and O–H groups in total. The largest absolute Gasteiger partial charge is 0.457 e. The van der Waals surface area contributed by atoms with E-state index in [2.05, 4.69) is 5.16 Å². The predicted molar refractivity (Wildman–Crippen MR) is 70.5 cm³/mol. The zero-order valence-electron chi connectivity index (χ0n) is 11.2. The molecule has 1 aromatic rings. The number of carbonyl (C=O) groups excluding carboxylic acids is 1. The number of rotatable bonds is 4. The third kappa shape index (κ3) is 6.22. The Kier molecular flexibility index (Phi) is 5.07. The third-order valence-corrected chi connectivity index (χ3v) is 1.92. The van der Waals surface area contributed by atoms with Crippen LogP contribution in [0.2, 0.25) is 0 Å². The number of hydrogen-bond acceptors (Lipinski definition) is 5. The predicted octanol–water partition coefficient (Wildman–Crippen LogP) is 2.25. The number of oxime groups is 1. The van der Waals surface area contributed by atoms with Crippen molar-refractivity contribution in [1.82, 2.24) is 0 Å². The van der Waals surface area contributed by atoms with Gasteiger partial charge in [-0.2, -0.15) is 5.26 Å². The van der Waals surface area contributed by atoms with E-state index in [1.54, 1.807) is 45.0 Å². The molecule has 5 heteroatoms. The summed E-state index contributed by atoms with van der Waals surface area (Å²) in [6.07, 6.45) is 1.46. The van der Waals surface area contributed by atoms with Gasteiger partial charge in [-0.25, -0.2) is 4.79 Å². The Bertz CT molecular complexity index is 493. The molecule has 0 unspecified atom stereocenters. The summed E-state index contributed by atoms with van der Waals surface area (Å²) in [4.78, 5) is 16.1. The van der Waals surface area contributed by atoms with Gasteiger partial charge in [-0.15, -0.1) is 0 Å². The minimum atomic E-state index is -0.530. The molecule has 0 aliphatic heterocycles. The van der Waals surface area contributed by atoms with Crippen molar-refractivity contribution in [1.29, 1.82) is 5.26 Å². The van der Waals surface area contributed by atoms with Gasteiger partial charge in [0.2, 0.25) is 6.61 Å². The monoisotopic (exact) mass is 260 g/mol. The summed E-state index contributed by atoms with van der Waals surface area (Å²) in [5.74, 6) is -0.468.